The van der Waals surface area contributed by atoms with Crippen molar-refractivity contribution in [3.05, 3.63) is 83.1 Å². The van der Waals surface area contributed by atoms with Crippen LogP contribution in [0.5, 0.6) is 0 Å². The van der Waals surface area contributed by atoms with Crippen molar-refractivity contribution in [2.75, 3.05) is 0 Å². The van der Waals surface area contributed by atoms with E-state index in [4.69, 9.17) is 4.52 Å². The van der Waals surface area contributed by atoms with Crippen LogP contribution in [0.4, 0.5) is 13.2 Å². The summed E-state index contributed by atoms with van der Waals surface area (Å²) >= 11 is 0. The highest BCUT2D eigenvalue weighted by molar-refractivity contribution is 5.71. The van der Waals surface area contributed by atoms with E-state index in [2.05, 4.69) is 30.3 Å². The van der Waals surface area contributed by atoms with Gasteiger partial charge in [-0.05, 0) is 65.7 Å². The second kappa shape index (κ2) is 7.95. The van der Waals surface area contributed by atoms with E-state index in [9.17, 15) is 13.2 Å². The Balaban J connectivity index is 1.40. The van der Waals surface area contributed by atoms with Gasteiger partial charge >= 0.3 is 6.18 Å². The van der Waals surface area contributed by atoms with E-state index in [1.807, 2.05) is 25.1 Å². The number of hydrogen-bond donors (Lipinski definition) is 0. The smallest absolute Gasteiger partial charge is 0.356 e. The molecule has 5 heteroatoms. The third-order valence-electron chi connectivity index (χ3n) is 7.08. The molecule has 0 bridgehead atoms. The van der Waals surface area contributed by atoms with Gasteiger partial charge in [0.1, 0.15) is 5.69 Å². The summed E-state index contributed by atoms with van der Waals surface area (Å²) in [7, 11) is 0. The van der Waals surface area contributed by atoms with E-state index in [1.54, 1.807) is 12.1 Å². The number of benzene rings is 2. The van der Waals surface area contributed by atoms with Crippen molar-refractivity contribution in [1.82, 2.24) is 5.16 Å². The molecule has 0 amide bonds. The zero-order chi connectivity index (χ0) is 22.5. The lowest BCUT2D eigenvalue weighted by atomic mass is 9.75. The Hall–Kier alpha value is -2.82. The quantitative estimate of drug-likeness (QED) is 0.412. The van der Waals surface area contributed by atoms with Crippen LogP contribution in [0.1, 0.15) is 67.4 Å². The molecule has 0 saturated heterocycles. The van der Waals surface area contributed by atoms with Crippen LogP contribution in [0.15, 0.2) is 65.2 Å². The lowest BCUT2D eigenvalue weighted by Crippen LogP contribution is -2.19. The Morgan fingerprint density at radius 1 is 0.906 bits per heavy atom. The van der Waals surface area contributed by atoms with Crippen LogP contribution in [0.25, 0.3) is 16.8 Å². The first-order valence-electron chi connectivity index (χ1n) is 11.2. The van der Waals surface area contributed by atoms with E-state index in [-0.39, 0.29) is 11.8 Å². The summed E-state index contributed by atoms with van der Waals surface area (Å²) in [6, 6.07) is 16.3. The van der Waals surface area contributed by atoms with Gasteiger partial charge in [0.2, 0.25) is 0 Å². The molecule has 2 nitrogen and oxygen atoms in total. The minimum absolute atomic E-state index is 0.0617. The summed E-state index contributed by atoms with van der Waals surface area (Å²) in [5, 5.41) is 4.34. The van der Waals surface area contributed by atoms with Gasteiger partial charge < -0.3 is 4.52 Å². The number of halogens is 3. The van der Waals surface area contributed by atoms with E-state index in [1.165, 1.54) is 24.1 Å². The van der Waals surface area contributed by atoms with Gasteiger partial charge in [-0.2, -0.15) is 13.2 Å². The fraction of sp³-hybridized carbons (Fsp3) is 0.370. The monoisotopic (exact) mass is 437 g/mol. The van der Waals surface area contributed by atoms with Crippen LogP contribution in [0.2, 0.25) is 0 Å². The lowest BCUT2D eigenvalue weighted by Gasteiger charge is -2.30. The molecule has 1 saturated carbocycles. The summed E-state index contributed by atoms with van der Waals surface area (Å²) in [4.78, 5) is 0. The van der Waals surface area contributed by atoms with Crippen LogP contribution in [0, 0.1) is 11.8 Å². The Bertz CT molecular complexity index is 1160. The second-order valence-corrected chi connectivity index (χ2v) is 9.32. The summed E-state index contributed by atoms with van der Waals surface area (Å²) in [5.74, 6) is 1.88. The van der Waals surface area contributed by atoms with E-state index < -0.39 is 11.7 Å². The molecule has 0 spiro atoms. The minimum Gasteiger partial charge on any atom is -0.356 e. The normalized spacial score (nSPS) is 25.5. The van der Waals surface area contributed by atoms with Crippen LogP contribution < -0.4 is 0 Å². The van der Waals surface area contributed by atoms with E-state index in [0.29, 0.717) is 36.0 Å². The predicted octanol–water partition coefficient (Wildman–Crippen LogP) is 8.08. The van der Waals surface area contributed by atoms with Gasteiger partial charge in [-0.25, -0.2) is 0 Å². The largest absolute Gasteiger partial charge is 0.416 e. The maximum atomic E-state index is 13.5. The third-order valence-corrected chi connectivity index (χ3v) is 7.08. The number of rotatable bonds is 4. The zero-order valence-corrected chi connectivity index (χ0v) is 18.2. The second-order valence-electron chi connectivity index (χ2n) is 9.32. The lowest BCUT2D eigenvalue weighted by molar-refractivity contribution is -0.138. The molecule has 5 rings (SSSR count). The summed E-state index contributed by atoms with van der Waals surface area (Å²) in [6.45, 7) is 4.28. The molecule has 4 atom stereocenters. The zero-order valence-electron chi connectivity index (χ0n) is 18.2. The van der Waals surface area contributed by atoms with Crippen molar-refractivity contribution in [3.63, 3.8) is 0 Å². The molecule has 4 unspecified atom stereocenters. The first-order chi connectivity index (χ1) is 15.3. The first kappa shape index (κ1) is 21.0. The topological polar surface area (TPSA) is 26.0 Å². The predicted molar refractivity (Wildman–Crippen MR) is 119 cm³/mol. The Morgan fingerprint density at radius 2 is 1.59 bits per heavy atom. The van der Waals surface area contributed by atoms with E-state index in [0.717, 1.165) is 16.8 Å². The van der Waals surface area contributed by atoms with Crippen molar-refractivity contribution in [2.24, 2.45) is 11.8 Å². The number of allylic oxidation sites excluding steroid dienone is 2. The molecule has 0 N–H and O–H groups in total. The van der Waals surface area contributed by atoms with E-state index >= 15 is 0 Å². The molecule has 2 aliphatic carbocycles. The molecule has 3 aromatic rings. The molecular formula is C27H26F3NO. The molecule has 32 heavy (non-hydrogen) atoms. The highest BCUT2D eigenvalue weighted by Crippen LogP contribution is 2.50. The summed E-state index contributed by atoms with van der Waals surface area (Å²) in [6.07, 6.45) is 0.0946. The first-order valence-corrected chi connectivity index (χ1v) is 11.2. The molecule has 166 valence electrons. The maximum absolute atomic E-state index is 13.5. The Kier molecular flexibility index (Phi) is 5.23. The fourth-order valence-corrected chi connectivity index (χ4v) is 5.15. The average Bonchev–Trinajstić information content (AvgIpc) is 3.30. The average molecular weight is 438 g/mol. The summed E-state index contributed by atoms with van der Waals surface area (Å²) < 4.78 is 46.3. The minimum atomic E-state index is -4.34. The third kappa shape index (κ3) is 3.89. The highest BCUT2D eigenvalue weighted by atomic mass is 19.4. The number of aromatic nitrogens is 1. The van der Waals surface area contributed by atoms with Crippen molar-refractivity contribution < 1.29 is 17.7 Å². The van der Waals surface area contributed by atoms with Gasteiger partial charge in [0, 0.05) is 11.6 Å². The van der Waals surface area contributed by atoms with Gasteiger partial charge in [0.05, 0.1) is 5.56 Å². The number of hydrogen-bond acceptors (Lipinski definition) is 2. The van der Waals surface area contributed by atoms with Crippen LogP contribution >= 0.6 is 0 Å². The molecule has 1 fully saturated rings. The van der Waals surface area contributed by atoms with Crippen LogP contribution in [-0.4, -0.2) is 5.16 Å². The molecule has 0 radical (unpaired) electrons. The standard InChI is InChI=1S/C27H26F3NO/c1-16-13-18(11-12-19(16)21-8-5-6-10-24(21)27(28,29)30)26-15-25(31-32-26)22-9-4-3-7-20(22)23-14-17(23)2/h3-11,15-17,19,23H,12-14H2,1-2H3. The van der Waals surface area contributed by atoms with Crippen LogP contribution in [0.3, 0.4) is 0 Å². The Morgan fingerprint density at radius 3 is 2.28 bits per heavy atom. The van der Waals surface area contributed by atoms with Gasteiger partial charge in [-0.1, -0.05) is 67.5 Å². The summed E-state index contributed by atoms with van der Waals surface area (Å²) in [5.41, 5.74) is 4.13. The molecule has 0 aliphatic heterocycles. The van der Waals surface area contributed by atoms with Crippen molar-refractivity contribution in [1.29, 1.82) is 0 Å². The van der Waals surface area contributed by atoms with Crippen LogP contribution in [-0.2, 0) is 6.18 Å². The highest BCUT2D eigenvalue weighted by Gasteiger charge is 2.38. The Labute approximate surface area is 186 Å². The van der Waals surface area contributed by atoms with Gasteiger partial charge in [-0.15, -0.1) is 0 Å². The maximum Gasteiger partial charge on any atom is 0.416 e. The van der Waals surface area contributed by atoms with Crippen molar-refractivity contribution in [3.8, 4) is 11.3 Å². The molecule has 1 heterocycles. The number of alkyl halides is 3. The number of nitrogens with zero attached hydrogens (tertiary/aromatic N) is 1. The van der Waals surface area contributed by atoms with Crippen molar-refractivity contribution in [2.45, 2.75) is 51.1 Å². The van der Waals surface area contributed by atoms with Gasteiger partial charge in [0.15, 0.2) is 5.76 Å². The fourth-order valence-electron chi connectivity index (χ4n) is 5.15. The molecule has 2 aliphatic rings. The molecule has 1 aromatic heterocycles. The van der Waals surface area contributed by atoms with Gasteiger partial charge in [0.25, 0.3) is 0 Å². The SMILES string of the molecule is CC1CC1c1ccccc1-c1cc(C2=CCC(c3ccccc3C(F)(F)F)C(C)C2)on1. The molecular weight excluding hydrogens is 411 g/mol. The van der Waals surface area contributed by atoms with Crippen molar-refractivity contribution >= 4 is 5.57 Å². The van der Waals surface area contributed by atoms with Gasteiger partial charge in [-0.3, -0.25) is 0 Å². The molecule has 2 aromatic carbocycles.